The molecule has 1 heterocycles. The zero-order valence-corrected chi connectivity index (χ0v) is 17.5. The van der Waals surface area contributed by atoms with E-state index in [9.17, 15) is 4.79 Å². The average molecular weight is 429 g/mol. The lowest BCUT2D eigenvalue weighted by molar-refractivity contribution is 0.0949. The summed E-state index contributed by atoms with van der Waals surface area (Å²) in [6.45, 7) is 0.524. The van der Waals surface area contributed by atoms with E-state index in [0.29, 0.717) is 34.4 Å². The largest absolute Gasteiger partial charge is 0.493 e. The molecular formula is C21H21ClN4O4. The van der Waals surface area contributed by atoms with Crippen molar-refractivity contribution >= 4 is 23.7 Å². The Hall–Kier alpha value is -3.52. The summed E-state index contributed by atoms with van der Waals surface area (Å²) in [4.78, 5) is 12.3. The molecule has 156 valence electrons. The Labute approximate surface area is 179 Å². The van der Waals surface area contributed by atoms with Crippen LogP contribution in [0.3, 0.4) is 0 Å². The van der Waals surface area contributed by atoms with Crippen molar-refractivity contribution < 1.29 is 19.0 Å². The average Bonchev–Trinajstić information content (AvgIpc) is 3.23. The van der Waals surface area contributed by atoms with E-state index < -0.39 is 5.91 Å². The highest BCUT2D eigenvalue weighted by atomic mass is 35.5. The van der Waals surface area contributed by atoms with Gasteiger partial charge in [-0.05, 0) is 35.9 Å². The maximum absolute atomic E-state index is 12.3. The van der Waals surface area contributed by atoms with Crippen LogP contribution in [0.4, 0.5) is 0 Å². The molecule has 3 rings (SSSR count). The minimum absolute atomic E-state index is 0.250. The summed E-state index contributed by atoms with van der Waals surface area (Å²) in [6.07, 6.45) is 3.19. The fourth-order valence-electron chi connectivity index (χ4n) is 2.79. The molecule has 0 radical (unpaired) electrons. The number of amides is 1. The van der Waals surface area contributed by atoms with Gasteiger partial charge in [0.1, 0.15) is 0 Å². The topological polar surface area (TPSA) is 87.0 Å². The Morgan fingerprint density at radius 2 is 1.80 bits per heavy atom. The molecule has 0 unspecified atom stereocenters. The van der Waals surface area contributed by atoms with Gasteiger partial charge in [0.2, 0.25) is 5.75 Å². The molecule has 1 N–H and O–H groups in total. The molecule has 0 atom stereocenters. The summed E-state index contributed by atoms with van der Waals surface area (Å²) in [5.41, 5.74) is 4.35. The summed E-state index contributed by atoms with van der Waals surface area (Å²) in [7, 11) is 4.57. The van der Waals surface area contributed by atoms with Crippen molar-refractivity contribution in [1.29, 1.82) is 0 Å². The smallest absolute Gasteiger partial charge is 0.291 e. The van der Waals surface area contributed by atoms with Crippen LogP contribution in [0.2, 0.25) is 5.02 Å². The van der Waals surface area contributed by atoms with Gasteiger partial charge in [-0.2, -0.15) is 10.2 Å². The summed E-state index contributed by atoms with van der Waals surface area (Å²) < 4.78 is 17.6. The molecular weight excluding hydrogens is 408 g/mol. The minimum Gasteiger partial charge on any atom is -0.493 e. The highest BCUT2D eigenvalue weighted by Crippen LogP contribution is 2.38. The van der Waals surface area contributed by atoms with Gasteiger partial charge in [-0.15, -0.1) is 0 Å². The predicted octanol–water partition coefficient (Wildman–Crippen LogP) is 3.37. The molecule has 1 amide bonds. The van der Waals surface area contributed by atoms with Crippen LogP contribution in [-0.2, 0) is 6.54 Å². The lowest BCUT2D eigenvalue weighted by Crippen LogP contribution is -2.18. The zero-order valence-electron chi connectivity index (χ0n) is 16.8. The number of hydrazone groups is 1. The number of carbonyl (C=O) groups is 1. The van der Waals surface area contributed by atoms with Gasteiger partial charge in [0.25, 0.3) is 5.91 Å². The molecule has 8 nitrogen and oxygen atoms in total. The molecule has 0 bridgehead atoms. The summed E-state index contributed by atoms with van der Waals surface area (Å²) in [5, 5.41) is 8.94. The van der Waals surface area contributed by atoms with Gasteiger partial charge in [0.15, 0.2) is 17.2 Å². The standard InChI is InChI=1S/C21H21ClN4O4/c1-28-18-9-6-15(19(29-2)20(18)30-3)12-23-24-21(27)17-10-11-26(25-17)13-14-4-7-16(22)8-5-14/h4-12H,13H2,1-3H3,(H,24,27)/b23-12+. The van der Waals surface area contributed by atoms with Crippen LogP contribution in [0, 0.1) is 0 Å². The first kappa shape index (κ1) is 21.2. The maximum Gasteiger partial charge on any atom is 0.291 e. The number of nitrogens with zero attached hydrogens (tertiary/aromatic N) is 3. The molecule has 0 aliphatic heterocycles. The Kier molecular flexibility index (Phi) is 6.92. The number of aromatic nitrogens is 2. The normalized spacial score (nSPS) is 10.8. The molecule has 3 aromatic rings. The molecule has 0 saturated heterocycles. The van der Waals surface area contributed by atoms with Crippen LogP contribution < -0.4 is 19.6 Å². The van der Waals surface area contributed by atoms with E-state index in [1.165, 1.54) is 27.5 Å². The molecule has 0 spiro atoms. The fraction of sp³-hybridized carbons (Fsp3) is 0.190. The third-order valence-electron chi connectivity index (χ3n) is 4.24. The lowest BCUT2D eigenvalue weighted by Gasteiger charge is -2.13. The van der Waals surface area contributed by atoms with Crippen molar-refractivity contribution in [3.05, 3.63) is 70.5 Å². The number of hydrogen-bond donors (Lipinski definition) is 1. The molecule has 30 heavy (non-hydrogen) atoms. The van der Waals surface area contributed by atoms with Gasteiger partial charge in [-0.3, -0.25) is 9.48 Å². The first-order chi connectivity index (χ1) is 14.5. The Morgan fingerprint density at radius 1 is 1.07 bits per heavy atom. The molecule has 0 saturated carbocycles. The Morgan fingerprint density at radius 3 is 2.47 bits per heavy atom. The fourth-order valence-corrected chi connectivity index (χ4v) is 2.92. The first-order valence-electron chi connectivity index (χ1n) is 8.96. The van der Waals surface area contributed by atoms with Crippen LogP contribution >= 0.6 is 11.6 Å². The number of rotatable bonds is 8. The second-order valence-electron chi connectivity index (χ2n) is 6.15. The van der Waals surface area contributed by atoms with Crippen LogP contribution in [0.1, 0.15) is 21.6 Å². The van der Waals surface area contributed by atoms with Crippen molar-refractivity contribution in [3.8, 4) is 17.2 Å². The molecule has 0 aliphatic rings. The van der Waals surface area contributed by atoms with E-state index in [4.69, 9.17) is 25.8 Å². The van der Waals surface area contributed by atoms with Gasteiger partial charge < -0.3 is 14.2 Å². The minimum atomic E-state index is -0.430. The van der Waals surface area contributed by atoms with Crippen molar-refractivity contribution in [1.82, 2.24) is 15.2 Å². The van der Waals surface area contributed by atoms with E-state index in [0.717, 1.165) is 5.56 Å². The second kappa shape index (κ2) is 9.80. The number of carbonyl (C=O) groups excluding carboxylic acids is 1. The van der Waals surface area contributed by atoms with Crippen LogP contribution in [0.5, 0.6) is 17.2 Å². The van der Waals surface area contributed by atoms with E-state index >= 15 is 0 Å². The van der Waals surface area contributed by atoms with Gasteiger partial charge in [-0.1, -0.05) is 23.7 Å². The Balaban J connectivity index is 1.66. The lowest BCUT2D eigenvalue weighted by atomic mass is 10.2. The van der Waals surface area contributed by atoms with Crippen LogP contribution in [-0.4, -0.2) is 43.2 Å². The predicted molar refractivity (Wildman–Crippen MR) is 114 cm³/mol. The van der Waals surface area contributed by atoms with Crippen molar-refractivity contribution in [2.75, 3.05) is 21.3 Å². The number of ether oxygens (including phenoxy) is 3. The van der Waals surface area contributed by atoms with Crippen LogP contribution in [0.25, 0.3) is 0 Å². The van der Waals surface area contributed by atoms with E-state index in [2.05, 4.69) is 15.6 Å². The van der Waals surface area contributed by atoms with E-state index in [1.54, 1.807) is 29.1 Å². The monoisotopic (exact) mass is 428 g/mol. The quantitative estimate of drug-likeness (QED) is 0.439. The second-order valence-corrected chi connectivity index (χ2v) is 6.58. The van der Waals surface area contributed by atoms with Gasteiger partial charge in [-0.25, -0.2) is 5.43 Å². The third-order valence-corrected chi connectivity index (χ3v) is 4.49. The molecule has 0 aliphatic carbocycles. The number of methoxy groups -OCH3 is 3. The summed E-state index contributed by atoms with van der Waals surface area (Å²) >= 11 is 5.89. The molecule has 2 aromatic carbocycles. The number of benzene rings is 2. The van der Waals surface area contributed by atoms with E-state index in [-0.39, 0.29) is 5.69 Å². The highest BCUT2D eigenvalue weighted by Gasteiger charge is 2.15. The van der Waals surface area contributed by atoms with Crippen LogP contribution in [0.15, 0.2) is 53.8 Å². The van der Waals surface area contributed by atoms with Crippen molar-refractivity contribution in [2.24, 2.45) is 5.10 Å². The third kappa shape index (κ3) is 4.90. The number of hydrogen-bond acceptors (Lipinski definition) is 6. The summed E-state index contributed by atoms with van der Waals surface area (Å²) in [5.74, 6) is 0.987. The van der Waals surface area contributed by atoms with Gasteiger partial charge >= 0.3 is 0 Å². The van der Waals surface area contributed by atoms with E-state index in [1.807, 2.05) is 24.3 Å². The zero-order chi connectivity index (χ0) is 21.5. The molecule has 9 heteroatoms. The molecule has 1 aromatic heterocycles. The van der Waals surface area contributed by atoms with Crippen molar-refractivity contribution in [3.63, 3.8) is 0 Å². The highest BCUT2D eigenvalue weighted by molar-refractivity contribution is 6.30. The SMILES string of the molecule is COc1ccc(/C=N/NC(=O)c2ccn(Cc3ccc(Cl)cc3)n2)c(OC)c1OC. The van der Waals surface area contributed by atoms with Gasteiger partial charge in [0, 0.05) is 16.8 Å². The van der Waals surface area contributed by atoms with Crippen molar-refractivity contribution in [2.45, 2.75) is 6.54 Å². The maximum atomic E-state index is 12.3. The van der Waals surface area contributed by atoms with Gasteiger partial charge in [0.05, 0.1) is 34.1 Å². The molecule has 0 fully saturated rings. The number of halogens is 1. The Bertz CT molecular complexity index is 1050. The summed E-state index contributed by atoms with van der Waals surface area (Å²) in [6, 6.07) is 12.5. The number of nitrogens with one attached hydrogen (secondary N) is 1. The first-order valence-corrected chi connectivity index (χ1v) is 9.33.